The SMILES string of the molecule is C[C@H](C(=O)O)N(C(=O)OC(C)(C)C)c1ccc(Cl)cc1. The summed E-state index contributed by atoms with van der Waals surface area (Å²) >= 11 is 5.79. The van der Waals surface area contributed by atoms with Gasteiger partial charge in [0.25, 0.3) is 0 Å². The van der Waals surface area contributed by atoms with Crippen molar-refractivity contribution in [3.8, 4) is 0 Å². The number of carbonyl (C=O) groups is 2. The van der Waals surface area contributed by atoms with E-state index in [0.29, 0.717) is 10.7 Å². The van der Waals surface area contributed by atoms with E-state index in [-0.39, 0.29) is 0 Å². The molecule has 1 N–H and O–H groups in total. The molecule has 0 unspecified atom stereocenters. The number of carbonyl (C=O) groups excluding carboxylic acids is 1. The molecule has 0 aromatic heterocycles. The lowest BCUT2D eigenvalue weighted by Gasteiger charge is -2.29. The van der Waals surface area contributed by atoms with Gasteiger partial charge < -0.3 is 9.84 Å². The highest BCUT2D eigenvalue weighted by Gasteiger charge is 2.31. The van der Waals surface area contributed by atoms with E-state index < -0.39 is 23.7 Å². The zero-order valence-corrected chi connectivity index (χ0v) is 12.6. The first-order valence-corrected chi connectivity index (χ1v) is 6.50. The van der Waals surface area contributed by atoms with Crippen LogP contribution in [0.5, 0.6) is 0 Å². The van der Waals surface area contributed by atoms with Gasteiger partial charge in [-0.2, -0.15) is 0 Å². The predicted molar refractivity (Wildman–Crippen MR) is 77.3 cm³/mol. The van der Waals surface area contributed by atoms with Crippen LogP contribution in [-0.2, 0) is 9.53 Å². The minimum absolute atomic E-state index is 0.415. The van der Waals surface area contributed by atoms with E-state index in [1.54, 1.807) is 45.0 Å². The fourth-order valence-corrected chi connectivity index (χ4v) is 1.64. The molecule has 1 amide bonds. The van der Waals surface area contributed by atoms with Crippen LogP contribution in [0, 0.1) is 0 Å². The molecule has 0 saturated heterocycles. The van der Waals surface area contributed by atoms with Gasteiger partial charge in [-0.15, -0.1) is 0 Å². The number of carboxylic acids is 1. The van der Waals surface area contributed by atoms with Gasteiger partial charge in [0.15, 0.2) is 0 Å². The van der Waals surface area contributed by atoms with Crippen molar-refractivity contribution in [2.45, 2.75) is 39.3 Å². The molecule has 0 aliphatic rings. The minimum atomic E-state index is -1.12. The number of rotatable bonds is 3. The van der Waals surface area contributed by atoms with Crippen LogP contribution in [0.1, 0.15) is 27.7 Å². The molecule has 1 rings (SSSR count). The summed E-state index contributed by atoms with van der Waals surface area (Å²) in [5, 5.41) is 9.64. The average molecular weight is 300 g/mol. The quantitative estimate of drug-likeness (QED) is 0.926. The van der Waals surface area contributed by atoms with Gasteiger partial charge in [0, 0.05) is 10.7 Å². The molecule has 0 saturated carbocycles. The lowest BCUT2D eigenvalue weighted by Crippen LogP contribution is -2.46. The number of carboxylic acid groups (broad SMARTS) is 1. The maximum absolute atomic E-state index is 12.2. The molecule has 1 aromatic carbocycles. The molecule has 5 nitrogen and oxygen atoms in total. The Morgan fingerprint density at radius 3 is 2.15 bits per heavy atom. The number of halogens is 1. The summed E-state index contributed by atoms with van der Waals surface area (Å²) in [6.07, 6.45) is -0.713. The maximum Gasteiger partial charge on any atom is 0.415 e. The van der Waals surface area contributed by atoms with Crippen molar-refractivity contribution in [3.05, 3.63) is 29.3 Å². The Morgan fingerprint density at radius 1 is 1.25 bits per heavy atom. The van der Waals surface area contributed by atoms with Crippen LogP contribution in [0.25, 0.3) is 0 Å². The highest BCUT2D eigenvalue weighted by Crippen LogP contribution is 2.23. The molecule has 0 fully saturated rings. The summed E-state index contributed by atoms with van der Waals surface area (Å²) in [6, 6.07) is 5.27. The van der Waals surface area contributed by atoms with E-state index in [4.69, 9.17) is 21.4 Å². The molecular formula is C14H18ClNO4. The fourth-order valence-electron chi connectivity index (χ4n) is 1.51. The number of hydrogen-bond donors (Lipinski definition) is 1. The minimum Gasteiger partial charge on any atom is -0.480 e. The Bertz CT molecular complexity index is 493. The highest BCUT2D eigenvalue weighted by atomic mass is 35.5. The summed E-state index contributed by atoms with van der Waals surface area (Å²) in [5.41, 5.74) is -0.293. The first kappa shape index (κ1) is 16.3. The van der Waals surface area contributed by atoms with E-state index in [2.05, 4.69) is 0 Å². The Morgan fingerprint density at radius 2 is 1.75 bits per heavy atom. The Labute approximate surface area is 123 Å². The van der Waals surface area contributed by atoms with E-state index in [0.717, 1.165) is 4.90 Å². The molecule has 20 heavy (non-hydrogen) atoms. The highest BCUT2D eigenvalue weighted by molar-refractivity contribution is 6.30. The van der Waals surface area contributed by atoms with Gasteiger partial charge in [0.1, 0.15) is 11.6 Å². The fraction of sp³-hybridized carbons (Fsp3) is 0.429. The van der Waals surface area contributed by atoms with E-state index in [1.165, 1.54) is 6.92 Å². The number of ether oxygens (including phenoxy) is 1. The number of amides is 1. The molecule has 0 spiro atoms. The summed E-state index contributed by atoms with van der Waals surface area (Å²) in [5.74, 6) is -1.12. The average Bonchev–Trinajstić information content (AvgIpc) is 2.29. The predicted octanol–water partition coefficient (Wildman–Crippen LogP) is 3.55. The van der Waals surface area contributed by atoms with Crippen LogP contribution < -0.4 is 4.90 Å². The third-order valence-electron chi connectivity index (χ3n) is 2.44. The standard InChI is InChI=1S/C14H18ClNO4/c1-9(12(17)18)16(13(19)20-14(2,3)4)11-7-5-10(15)6-8-11/h5-9H,1-4H3,(H,17,18)/t9-/m1/s1. The Kier molecular flexibility index (Phi) is 5.00. The van der Waals surface area contributed by atoms with Crippen molar-refractivity contribution in [3.63, 3.8) is 0 Å². The van der Waals surface area contributed by atoms with E-state index in [9.17, 15) is 9.59 Å². The number of nitrogens with zero attached hydrogens (tertiary/aromatic N) is 1. The third-order valence-corrected chi connectivity index (χ3v) is 2.69. The second-order valence-electron chi connectivity index (χ2n) is 5.34. The van der Waals surface area contributed by atoms with Crippen LogP contribution in [0.2, 0.25) is 5.02 Å². The second kappa shape index (κ2) is 6.13. The van der Waals surface area contributed by atoms with Crippen molar-refractivity contribution in [1.82, 2.24) is 0 Å². The van der Waals surface area contributed by atoms with Crippen molar-refractivity contribution < 1.29 is 19.4 Å². The molecule has 1 aromatic rings. The monoisotopic (exact) mass is 299 g/mol. The number of aliphatic carboxylic acids is 1. The van der Waals surface area contributed by atoms with Gasteiger partial charge in [0.05, 0.1) is 0 Å². The van der Waals surface area contributed by atoms with Crippen LogP contribution in [-0.4, -0.2) is 28.8 Å². The molecule has 0 aliphatic heterocycles. The van der Waals surface area contributed by atoms with Crippen LogP contribution in [0.3, 0.4) is 0 Å². The second-order valence-corrected chi connectivity index (χ2v) is 5.78. The van der Waals surface area contributed by atoms with Gasteiger partial charge in [-0.1, -0.05) is 11.6 Å². The summed E-state index contributed by atoms with van der Waals surface area (Å²) in [4.78, 5) is 24.5. The van der Waals surface area contributed by atoms with Gasteiger partial charge >= 0.3 is 12.1 Å². The number of benzene rings is 1. The van der Waals surface area contributed by atoms with Crippen molar-refractivity contribution >= 4 is 29.4 Å². The lowest BCUT2D eigenvalue weighted by molar-refractivity contribution is -0.138. The van der Waals surface area contributed by atoms with Crippen molar-refractivity contribution in [2.75, 3.05) is 4.90 Å². The van der Waals surface area contributed by atoms with Crippen molar-refractivity contribution in [1.29, 1.82) is 0 Å². The van der Waals surface area contributed by atoms with Gasteiger partial charge in [-0.3, -0.25) is 4.90 Å². The summed E-state index contributed by atoms with van der Waals surface area (Å²) < 4.78 is 5.25. The van der Waals surface area contributed by atoms with E-state index in [1.807, 2.05) is 0 Å². The Hall–Kier alpha value is -1.75. The van der Waals surface area contributed by atoms with Gasteiger partial charge in [-0.25, -0.2) is 9.59 Å². The zero-order valence-electron chi connectivity index (χ0n) is 11.9. The number of anilines is 1. The molecule has 0 heterocycles. The molecule has 6 heteroatoms. The molecule has 0 aliphatic carbocycles. The smallest absolute Gasteiger partial charge is 0.415 e. The first-order valence-electron chi connectivity index (χ1n) is 6.12. The summed E-state index contributed by atoms with van der Waals surface area (Å²) in [7, 11) is 0. The van der Waals surface area contributed by atoms with Crippen LogP contribution in [0.15, 0.2) is 24.3 Å². The number of hydrogen-bond acceptors (Lipinski definition) is 3. The van der Waals surface area contributed by atoms with Crippen molar-refractivity contribution in [2.24, 2.45) is 0 Å². The van der Waals surface area contributed by atoms with Gasteiger partial charge in [0.2, 0.25) is 0 Å². The molecule has 110 valence electrons. The van der Waals surface area contributed by atoms with E-state index >= 15 is 0 Å². The summed E-state index contributed by atoms with van der Waals surface area (Å²) in [6.45, 7) is 6.57. The van der Waals surface area contributed by atoms with Crippen LogP contribution in [0.4, 0.5) is 10.5 Å². The molecule has 0 bridgehead atoms. The maximum atomic E-state index is 12.2. The molecule has 0 radical (unpaired) electrons. The normalized spacial score (nSPS) is 12.7. The lowest BCUT2D eigenvalue weighted by atomic mass is 10.2. The van der Waals surface area contributed by atoms with Crippen LogP contribution >= 0.6 is 11.6 Å². The van der Waals surface area contributed by atoms with Gasteiger partial charge in [-0.05, 0) is 52.0 Å². The Balaban J connectivity index is 3.12. The molecule has 1 atom stereocenters. The third kappa shape index (κ3) is 4.42. The first-order chi connectivity index (χ1) is 9.11. The molecular weight excluding hydrogens is 282 g/mol. The zero-order chi connectivity index (χ0) is 15.5. The largest absolute Gasteiger partial charge is 0.480 e. The topological polar surface area (TPSA) is 66.8 Å².